The van der Waals surface area contributed by atoms with Crippen LogP contribution in [0.25, 0.3) is 0 Å². The summed E-state index contributed by atoms with van der Waals surface area (Å²) < 4.78 is 0. The van der Waals surface area contributed by atoms with Crippen LogP contribution in [0.1, 0.15) is 47.0 Å². The van der Waals surface area contributed by atoms with Gasteiger partial charge in [-0.3, -0.25) is 28.8 Å². The van der Waals surface area contributed by atoms with E-state index in [1.165, 1.54) is 13.8 Å². The number of nitrogens with two attached hydrogens (primary N) is 1. The zero-order valence-corrected chi connectivity index (χ0v) is 19.5. The van der Waals surface area contributed by atoms with Crippen LogP contribution >= 0.6 is 0 Å². The molecule has 0 rings (SSSR count). The van der Waals surface area contributed by atoms with E-state index in [1.54, 1.807) is 0 Å². The third kappa shape index (κ3) is 13.7. The molecule has 0 spiro atoms. The summed E-state index contributed by atoms with van der Waals surface area (Å²) in [5, 5.41) is 20.7. The molecule has 13 heteroatoms. The van der Waals surface area contributed by atoms with Crippen LogP contribution < -0.4 is 32.3 Å². The highest BCUT2D eigenvalue weighted by atomic mass is 16.4. The molecule has 0 saturated heterocycles. The Kier molecular flexibility index (Phi) is 14.0. The highest BCUT2D eigenvalue weighted by Gasteiger charge is 2.28. The van der Waals surface area contributed by atoms with E-state index in [4.69, 9.17) is 10.8 Å². The Morgan fingerprint density at radius 3 is 1.94 bits per heavy atom. The van der Waals surface area contributed by atoms with Crippen LogP contribution in [0, 0.1) is 5.92 Å². The van der Waals surface area contributed by atoms with Gasteiger partial charge in [-0.05, 0) is 38.6 Å². The quantitative estimate of drug-likeness (QED) is 0.136. The van der Waals surface area contributed by atoms with Crippen molar-refractivity contribution in [1.82, 2.24) is 26.6 Å². The van der Waals surface area contributed by atoms with Crippen LogP contribution in [0.3, 0.4) is 0 Å². The van der Waals surface area contributed by atoms with Crippen LogP contribution in [0.5, 0.6) is 0 Å². The topological polar surface area (TPSA) is 209 Å². The average Bonchev–Trinajstić information content (AvgIpc) is 2.72. The van der Waals surface area contributed by atoms with Crippen molar-refractivity contribution in [3.63, 3.8) is 0 Å². The maximum atomic E-state index is 12.9. The summed E-state index contributed by atoms with van der Waals surface area (Å²) >= 11 is 0. The number of carboxylic acids is 1. The molecule has 0 fully saturated rings. The zero-order chi connectivity index (χ0) is 25.6. The Hall–Kier alpha value is -3.22. The second-order valence-corrected chi connectivity index (χ2v) is 7.99. The molecule has 0 heterocycles. The maximum absolute atomic E-state index is 12.9. The lowest BCUT2D eigenvalue weighted by Gasteiger charge is -2.25. The second kappa shape index (κ2) is 15.6. The predicted molar refractivity (Wildman–Crippen MR) is 119 cm³/mol. The molecule has 13 nitrogen and oxygen atoms in total. The van der Waals surface area contributed by atoms with E-state index in [2.05, 4.69) is 26.6 Å². The highest BCUT2D eigenvalue weighted by Crippen LogP contribution is 2.07. The molecule has 0 saturated carbocycles. The Bertz CT molecular complexity index is 713. The Labute approximate surface area is 193 Å². The predicted octanol–water partition coefficient (Wildman–Crippen LogP) is -2.42. The second-order valence-electron chi connectivity index (χ2n) is 7.99. The minimum absolute atomic E-state index is 0.0380. The fraction of sp³-hybridized carbons (Fsp3) is 0.700. The third-order valence-corrected chi connectivity index (χ3v) is 4.35. The van der Waals surface area contributed by atoms with E-state index in [0.29, 0.717) is 6.42 Å². The van der Waals surface area contributed by atoms with Crippen LogP contribution in [0.4, 0.5) is 0 Å². The molecule has 5 amide bonds. The lowest BCUT2D eigenvalue weighted by molar-refractivity contribution is -0.138. The normalized spacial score (nSPS) is 13.3. The zero-order valence-electron chi connectivity index (χ0n) is 19.5. The van der Waals surface area contributed by atoms with Crippen LogP contribution in [-0.4, -0.2) is 78.4 Å². The molecule has 33 heavy (non-hydrogen) atoms. The number of hydrogen-bond acceptors (Lipinski definition) is 7. The molecule has 188 valence electrons. The van der Waals surface area contributed by atoms with Gasteiger partial charge in [-0.2, -0.15) is 0 Å². The van der Waals surface area contributed by atoms with Gasteiger partial charge in [0.15, 0.2) is 0 Å². The summed E-state index contributed by atoms with van der Waals surface area (Å²) in [5.74, 6) is -4.09. The average molecular weight is 473 g/mol. The van der Waals surface area contributed by atoms with Crippen molar-refractivity contribution < 1.29 is 33.9 Å². The summed E-state index contributed by atoms with van der Waals surface area (Å²) in [4.78, 5) is 71.1. The number of carbonyl (C=O) groups excluding carboxylic acids is 5. The first-order valence-corrected chi connectivity index (χ1v) is 10.7. The smallest absolute Gasteiger partial charge is 0.322 e. The minimum atomic E-state index is -1.23. The largest absolute Gasteiger partial charge is 0.480 e. The van der Waals surface area contributed by atoms with Crippen LogP contribution in [0.15, 0.2) is 0 Å². The van der Waals surface area contributed by atoms with Gasteiger partial charge < -0.3 is 37.4 Å². The van der Waals surface area contributed by atoms with Crippen molar-refractivity contribution >= 4 is 35.5 Å². The first kappa shape index (κ1) is 29.8. The number of amides is 5. The van der Waals surface area contributed by atoms with Gasteiger partial charge in [-0.25, -0.2) is 0 Å². The molecule has 0 aliphatic heterocycles. The van der Waals surface area contributed by atoms with Crippen LogP contribution in [-0.2, 0) is 28.8 Å². The van der Waals surface area contributed by atoms with E-state index >= 15 is 0 Å². The van der Waals surface area contributed by atoms with Crippen molar-refractivity contribution in [2.24, 2.45) is 11.7 Å². The van der Waals surface area contributed by atoms with Crippen molar-refractivity contribution in [3.05, 3.63) is 0 Å². The standard InChI is InChI=1S/C20H36N6O7/c1-11(2)8-15(25-16(28)9-22-13(4)27)20(33)26-14(6-5-7-21)19(32)24-12(3)18(31)23-10-17(29)30/h11-12,14-15H,5-10,21H2,1-4H3,(H,22,27)(H,23,31)(H,24,32)(H,25,28)(H,26,33)(H,29,30)/t12-,14-,15-/m0/s1. The Balaban J connectivity index is 5.22. The molecule has 0 radical (unpaired) electrons. The summed E-state index contributed by atoms with van der Waals surface area (Å²) in [5.41, 5.74) is 5.52. The summed E-state index contributed by atoms with van der Waals surface area (Å²) in [6.07, 6.45) is 0.879. The lowest BCUT2D eigenvalue weighted by atomic mass is 10.0. The van der Waals surface area contributed by atoms with E-state index in [0.717, 1.165) is 0 Å². The van der Waals surface area contributed by atoms with E-state index in [9.17, 15) is 28.8 Å². The minimum Gasteiger partial charge on any atom is -0.480 e. The van der Waals surface area contributed by atoms with Gasteiger partial charge in [0.1, 0.15) is 24.7 Å². The number of carbonyl (C=O) groups is 6. The summed E-state index contributed by atoms with van der Waals surface area (Å²) in [6.45, 7) is 5.72. The van der Waals surface area contributed by atoms with Crippen molar-refractivity contribution in [2.75, 3.05) is 19.6 Å². The molecule has 0 aromatic carbocycles. The molecule has 0 aliphatic rings. The van der Waals surface area contributed by atoms with Crippen molar-refractivity contribution in [1.29, 1.82) is 0 Å². The molecule has 0 unspecified atom stereocenters. The van der Waals surface area contributed by atoms with Crippen LogP contribution in [0.2, 0.25) is 0 Å². The molecule has 0 bridgehead atoms. The monoisotopic (exact) mass is 472 g/mol. The molecular weight excluding hydrogens is 436 g/mol. The van der Waals surface area contributed by atoms with Gasteiger partial charge >= 0.3 is 5.97 Å². The number of carboxylic acid groups (broad SMARTS) is 1. The highest BCUT2D eigenvalue weighted by molar-refractivity contribution is 5.95. The van der Waals surface area contributed by atoms with Gasteiger partial charge in [-0.15, -0.1) is 0 Å². The Morgan fingerprint density at radius 2 is 1.42 bits per heavy atom. The lowest BCUT2D eigenvalue weighted by Crippen LogP contribution is -2.57. The molecule has 3 atom stereocenters. The Morgan fingerprint density at radius 1 is 0.818 bits per heavy atom. The molecule has 0 aromatic heterocycles. The van der Waals surface area contributed by atoms with E-state index < -0.39 is 60.2 Å². The van der Waals surface area contributed by atoms with Crippen molar-refractivity contribution in [3.8, 4) is 0 Å². The summed E-state index contributed by atoms with van der Waals surface area (Å²) in [7, 11) is 0. The van der Waals surface area contributed by atoms with Gasteiger partial charge in [0.2, 0.25) is 29.5 Å². The number of hydrogen-bond donors (Lipinski definition) is 7. The number of nitrogens with one attached hydrogen (secondary N) is 5. The fourth-order valence-corrected chi connectivity index (χ4v) is 2.71. The van der Waals surface area contributed by atoms with E-state index in [-0.39, 0.29) is 31.8 Å². The molecule has 0 aromatic rings. The van der Waals surface area contributed by atoms with Gasteiger partial charge in [-0.1, -0.05) is 13.8 Å². The van der Waals surface area contributed by atoms with Crippen molar-refractivity contribution in [2.45, 2.75) is 65.1 Å². The van der Waals surface area contributed by atoms with Gasteiger partial charge in [0, 0.05) is 6.92 Å². The van der Waals surface area contributed by atoms with Gasteiger partial charge in [0.25, 0.3) is 0 Å². The van der Waals surface area contributed by atoms with Gasteiger partial charge in [0.05, 0.1) is 6.54 Å². The molecular formula is C20H36N6O7. The fourth-order valence-electron chi connectivity index (χ4n) is 2.71. The number of aliphatic carboxylic acids is 1. The first-order chi connectivity index (χ1) is 15.4. The molecule has 0 aliphatic carbocycles. The first-order valence-electron chi connectivity index (χ1n) is 10.7. The molecule has 8 N–H and O–H groups in total. The maximum Gasteiger partial charge on any atom is 0.322 e. The summed E-state index contributed by atoms with van der Waals surface area (Å²) in [6, 6.07) is -3.02. The van der Waals surface area contributed by atoms with E-state index in [1.807, 2.05) is 13.8 Å². The number of rotatable bonds is 15. The third-order valence-electron chi connectivity index (χ3n) is 4.35. The SMILES string of the molecule is CC(=O)NCC(=O)N[C@@H](CC(C)C)C(=O)N[C@@H](CCCN)C(=O)N[C@@H](C)C(=O)NCC(=O)O.